The molecule has 0 fully saturated rings. The zero-order valence-electron chi connectivity index (χ0n) is 14.1. The van der Waals surface area contributed by atoms with Crippen LogP contribution in [-0.2, 0) is 4.79 Å². The highest BCUT2D eigenvalue weighted by Gasteiger charge is 2.11. The lowest BCUT2D eigenvalue weighted by molar-refractivity contribution is -0.139. The van der Waals surface area contributed by atoms with Gasteiger partial charge in [0.05, 0.1) is 11.9 Å². The first-order valence-corrected chi connectivity index (χ1v) is 8.05. The van der Waals surface area contributed by atoms with Gasteiger partial charge < -0.3 is 9.84 Å². The molecule has 3 aromatic rings. The Morgan fingerprint density at radius 2 is 2.12 bits per heavy atom. The van der Waals surface area contributed by atoms with Crippen LogP contribution in [0.3, 0.4) is 0 Å². The molecular formula is C16H16N6O3S. The molecule has 134 valence electrons. The van der Waals surface area contributed by atoms with Crippen molar-refractivity contribution in [1.82, 2.24) is 24.7 Å². The second kappa shape index (κ2) is 7.31. The van der Waals surface area contributed by atoms with Crippen molar-refractivity contribution in [3.05, 3.63) is 52.1 Å². The van der Waals surface area contributed by atoms with Gasteiger partial charge in [0.1, 0.15) is 5.75 Å². The number of aliphatic carboxylic acids is 1. The zero-order chi connectivity index (χ0) is 18.7. The molecule has 3 rings (SSSR count). The van der Waals surface area contributed by atoms with E-state index in [1.807, 2.05) is 19.9 Å². The number of carboxylic acids is 1. The lowest BCUT2D eigenvalue weighted by atomic mass is 10.2. The molecule has 2 N–H and O–H groups in total. The van der Waals surface area contributed by atoms with Crippen LogP contribution in [0.1, 0.15) is 17.0 Å². The van der Waals surface area contributed by atoms with Crippen LogP contribution in [0.25, 0.3) is 5.95 Å². The average Bonchev–Trinajstić information content (AvgIpc) is 3.13. The molecule has 0 aliphatic rings. The summed E-state index contributed by atoms with van der Waals surface area (Å²) in [6.07, 6.45) is 1.61. The quantitative estimate of drug-likeness (QED) is 0.506. The van der Waals surface area contributed by atoms with Crippen LogP contribution >= 0.6 is 12.2 Å². The minimum absolute atomic E-state index is 0.338. The highest BCUT2D eigenvalue weighted by molar-refractivity contribution is 7.71. The van der Waals surface area contributed by atoms with E-state index in [1.165, 1.54) is 4.68 Å². The van der Waals surface area contributed by atoms with E-state index in [4.69, 9.17) is 22.1 Å². The smallest absolute Gasteiger partial charge is 0.341 e. The number of H-pyrrole nitrogens is 1. The van der Waals surface area contributed by atoms with Crippen molar-refractivity contribution < 1.29 is 14.6 Å². The lowest BCUT2D eigenvalue weighted by Gasteiger charge is -2.04. The molecule has 0 amide bonds. The summed E-state index contributed by atoms with van der Waals surface area (Å²) in [5, 5.41) is 24.3. The van der Waals surface area contributed by atoms with Gasteiger partial charge in [0.15, 0.2) is 6.61 Å². The number of carbonyl (C=O) groups is 1. The molecule has 0 saturated carbocycles. The molecule has 0 saturated heterocycles. The Hall–Kier alpha value is -3.27. The van der Waals surface area contributed by atoms with E-state index in [-0.39, 0.29) is 6.61 Å². The maximum atomic E-state index is 10.5. The Bertz CT molecular complexity index is 1020. The standard InChI is InChI=1S/C16H16N6O3S/c1-10-7-11(2)21(20-10)15-18-19-16(26)22(15)17-8-12-3-5-13(6-4-12)25-9-14(23)24/h3-8H,9H2,1-2H3,(H,19,26)(H,23,24)/b17-8-. The van der Waals surface area contributed by atoms with Crippen molar-refractivity contribution in [1.29, 1.82) is 0 Å². The number of aryl methyl sites for hydroxylation is 2. The van der Waals surface area contributed by atoms with Crippen molar-refractivity contribution in [2.45, 2.75) is 13.8 Å². The van der Waals surface area contributed by atoms with E-state index in [9.17, 15) is 4.79 Å². The molecule has 0 aliphatic heterocycles. The number of carboxylic acid groups (broad SMARTS) is 1. The average molecular weight is 372 g/mol. The van der Waals surface area contributed by atoms with Gasteiger partial charge in [-0.05, 0) is 62.0 Å². The minimum Gasteiger partial charge on any atom is -0.482 e. The summed E-state index contributed by atoms with van der Waals surface area (Å²) in [5.41, 5.74) is 2.56. The number of aromatic amines is 1. The molecular weight excluding hydrogens is 356 g/mol. The van der Waals surface area contributed by atoms with Gasteiger partial charge in [-0.25, -0.2) is 14.6 Å². The summed E-state index contributed by atoms with van der Waals surface area (Å²) in [4.78, 5) is 10.5. The summed E-state index contributed by atoms with van der Waals surface area (Å²) < 4.78 is 8.56. The number of aromatic nitrogens is 5. The van der Waals surface area contributed by atoms with Crippen LogP contribution in [-0.4, -0.2) is 48.6 Å². The molecule has 26 heavy (non-hydrogen) atoms. The van der Waals surface area contributed by atoms with Gasteiger partial charge in [-0.3, -0.25) is 0 Å². The fraction of sp³-hybridized carbons (Fsp3) is 0.188. The first-order valence-electron chi connectivity index (χ1n) is 7.64. The number of hydrogen-bond donors (Lipinski definition) is 2. The third-order valence-electron chi connectivity index (χ3n) is 3.40. The molecule has 0 atom stereocenters. The van der Waals surface area contributed by atoms with Crippen molar-refractivity contribution in [3.8, 4) is 11.7 Å². The van der Waals surface area contributed by atoms with Gasteiger partial charge in [-0.15, -0.1) is 5.10 Å². The van der Waals surface area contributed by atoms with Crippen LogP contribution in [0.5, 0.6) is 5.75 Å². The van der Waals surface area contributed by atoms with Crippen molar-refractivity contribution in [3.63, 3.8) is 0 Å². The van der Waals surface area contributed by atoms with Gasteiger partial charge >= 0.3 is 5.97 Å². The topological polar surface area (TPSA) is 110 Å². The maximum absolute atomic E-state index is 10.5. The third kappa shape index (κ3) is 3.86. The van der Waals surface area contributed by atoms with Crippen molar-refractivity contribution in [2.75, 3.05) is 6.61 Å². The minimum atomic E-state index is -1.03. The van der Waals surface area contributed by atoms with Gasteiger partial charge in [-0.2, -0.15) is 14.9 Å². The van der Waals surface area contributed by atoms with Gasteiger partial charge in [0.25, 0.3) is 5.95 Å². The number of ether oxygens (including phenoxy) is 1. The Morgan fingerprint density at radius 3 is 2.73 bits per heavy atom. The molecule has 0 aliphatic carbocycles. The molecule has 2 aromatic heterocycles. The highest BCUT2D eigenvalue weighted by atomic mass is 32.1. The van der Waals surface area contributed by atoms with E-state index in [0.717, 1.165) is 17.0 Å². The summed E-state index contributed by atoms with van der Waals surface area (Å²) in [6, 6.07) is 8.78. The normalized spacial score (nSPS) is 11.2. The van der Waals surface area contributed by atoms with Gasteiger partial charge in [-0.1, -0.05) is 0 Å². The molecule has 10 heteroatoms. The highest BCUT2D eigenvalue weighted by Crippen LogP contribution is 2.12. The number of nitrogens with one attached hydrogen (secondary N) is 1. The summed E-state index contributed by atoms with van der Waals surface area (Å²) >= 11 is 5.23. The van der Waals surface area contributed by atoms with Crippen LogP contribution in [0, 0.1) is 18.6 Å². The zero-order valence-corrected chi connectivity index (χ0v) is 14.9. The monoisotopic (exact) mass is 372 g/mol. The van der Waals surface area contributed by atoms with Crippen LogP contribution in [0.4, 0.5) is 0 Å². The third-order valence-corrected chi connectivity index (χ3v) is 3.66. The fourth-order valence-electron chi connectivity index (χ4n) is 2.28. The Morgan fingerprint density at radius 1 is 1.38 bits per heavy atom. The fourth-order valence-corrected chi connectivity index (χ4v) is 2.45. The molecule has 0 radical (unpaired) electrons. The SMILES string of the molecule is Cc1cc(C)n(-c2n[nH]c(=S)n2/N=C\c2ccc(OCC(=O)O)cc2)n1. The van der Waals surface area contributed by atoms with E-state index in [1.54, 1.807) is 35.2 Å². The molecule has 0 spiro atoms. The van der Waals surface area contributed by atoms with E-state index >= 15 is 0 Å². The Kier molecular flexibility index (Phi) is 4.94. The maximum Gasteiger partial charge on any atom is 0.341 e. The van der Waals surface area contributed by atoms with Gasteiger partial charge in [0.2, 0.25) is 4.77 Å². The Balaban J connectivity index is 1.83. The summed E-state index contributed by atoms with van der Waals surface area (Å²) in [6.45, 7) is 3.43. The number of nitrogens with zero attached hydrogens (tertiary/aromatic N) is 5. The van der Waals surface area contributed by atoms with Crippen LogP contribution in [0.15, 0.2) is 35.4 Å². The largest absolute Gasteiger partial charge is 0.482 e. The Labute approximate surface area is 153 Å². The molecule has 0 bridgehead atoms. The lowest BCUT2D eigenvalue weighted by Crippen LogP contribution is -2.09. The van der Waals surface area contributed by atoms with E-state index in [0.29, 0.717) is 16.5 Å². The first-order chi connectivity index (χ1) is 12.4. The molecule has 1 aromatic carbocycles. The predicted octanol–water partition coefficient (Wildman–Crippen LogP) is 2.09. The molecule has 2 heterocycles. The number of benzene rings is 1. The summed E-state index contributed by atoms with van der Waals surface area (Å²) in [7, 11) is 0. The van der Waals surface area contributed by atoms with Crippen LogP contribution < -0.4 is 4.74 Å². The summed E-state index contributed by atoms with van der Waals surface area (Å²) in [5.74, 6) is -0.104. The number of rotatable bonds is 6. The molecule has 9 nitrogen and oxygen atoms in total. The number of hydrogen-bond acceptors (Lipinski definition) is 6. The second-order valence-electron chi connectivity index (χ2n) is 5.48. The second-order valence-corrected chi connectivity index (χ2v) is 5.86. The first kappa shape index (κ1) is 17.5. The van der Waals surface area contributed by atoms with E-state index < -0.39 is 5.97 Å². The van der Waals surface area contributed by atoms with Gasteiger partial charge in [0, 0.05) is 5.69 Å². The van der Waals surface area contributed by atoms with Crippen LogP contribution in [0.2, 0.25) is 0 Å². The predicted molar refractivity (Wildman–Crippen MR) is 96.6 cm³/mol. The van der Waals surface area contributed by atoms with Crippen molar-refractivity contribution in [2.24, 2.45) is 5.10 Å². The van der Waals surface area contributed by atoms with E-state index in [2.05, 4.69) is 20.4 Å². The van der Waals surface area contributed by atoms with Crippen molar-refractivity contribution >= 4 is 24.4 Å². The molecule has 0 unspecified atom stereocenters.